The summed E-state index contributed by atoms with van der Waals surface area (Å²) in [6.45, 7) is 2.65. The van der Waals surface area contributed by atoms with E-state index in [-0.39, 0.29) is 12.5 Å². The van der Waals surface area contributed by atoms with Crippen molar-refractivity contribution in [1.82, 2.24) is 0 Å². The Morgan fingerprint density at radius 1 is 1.06 bits per heavy atom. The highest BCUT2D eigenvalue weighted by Crippen LogP contribution is 2.43. The van der Waals surface area contributed by atoms with E-state index in [4.69, 9.17) is 10.5 Å². The number of esters is 1. The third kappa shape index (κ3) is 4.63. The summed E-state index contributed by atoms with van der Waals surface area (Å²) in [6, 6.07) is 26.2. The van der Waals surface area contributed by atoms with E-state index < -0.39 is 5.97 Å². The zero-order valence-electron chi connectivity index (χ0n) is 17.9. The highest BCUT2D eigenvalue weighted by atomic mass is 79.9. The maximum Gasteiger partial charge on any atom is 0.338 e. The first kappa shape index (κ1) is 21.9. The van der Waals surface area contributed by atoms with Crippen molar-refractivity contribution in [3.8, 4) is 0 Å². The number of nitrogens with two attached hydrogens (primary N) is 1. The fraction of sp³-hybridized carbons (Fsp3) is 0.148. The van der Waals surface area contributed by atoms with Gasteiger partial charge in [0.05, 0.1) is 12.2 Å². The Bertz CT molecular complexity index is 1160. The minimum atomic E-state index is -0.392. The minimum Gasteiger partial charge on any atom is -0.463 e. The molecule has 0 aliphatic carbocycles. The molecule has 1 heterocycles. The Kier molecular flexibility index (Phi) is 6.76. The summed E-state index contributed by atoms with van der Waals surface area (Å²) >= 11 is 3.60. The van der Waals surface area contributed by atoms with Crippen LogP contribution in [0.4, 0.5) is 5.69 Å². The number of anilines is 1. The average molecular weight is 489 g/mol. The first-order chi connectivity index (χ1) is 15.6. The van der Waals surface area contributed by atoms with Crippen LogP contribution in [-0.4, -0.2) is 12.6 Å². The summed E-state index contributed by atoms with van der Waals surface area (Å²) in [7, 11) is 0. The predicted molar refractivity (Wildman–Crippen MR) is 133 cm³/mol. The minimum absolute atomic E-state index is 0.286. The molecule has 1 aliphatic heterocycles. The van der Waals surface area contributed by atoms with Crippen LogP contribution in [0.25, 0.3) is 6.08 Å². The molecule has 1 atom stereocenters. The second-order valence-electron chi connectivity index (χ2n) is 7.54. The summed E-state index contributed by atoms with van der Waals surface area (Å²) in [5.41, 5.74) is 11.3. The first-order valence-electron chi connectivity index (χ1n) is 10.6. The Morgan fingerprint density at radius 2 is 1.75 bits per heavy atom. The molecule has 4 nitrogen and oxygen atoms in total. The van der Waals surface area contributed by atoms with Crippen LogP contribution in [0.3, 0.4) is 0 Å². The van der Waals surface area contributed by atoms with Crippen LogP contribution >= 0.6 is 15.9 Å². The number of ether oxygens (including phenoxy) is 1. The Balaban J connectivity index is 1.85. The van der Waals surface area contributed by atoms with E-state index in [1.165, 1.54) is 0 Å². The van der Waals surface area contributed by atoms with E-state index in [2.05, 4.69) is 34.1 Å². The van der Waals surface area contributed by atoms with E-state index in [1.807, 2.05) is 77.7 Å². The first-order valence-corrected chi connectivity index (χ1v) is 11.4. The molecule has 162 valence electrons. The highest BCUT2D eigenvalue weighted by molar-refractivity contribution is 9.10. The lowest BCUT2D eigenvalue weighted by molar-refractivity contribution is -0.138. The van der Waals surface area contributed by atoms with E-state index in [9.17, 15) is 4.79 Å². The molecule has 32 heavy (non-hydrogen) atoms. The third-order valence-corrected chi connectivity index (χ3v) is 5.95. The SMILES string of the molecule is CCOC(=O)C1=C(N)N(Cc2ccccc2)c2ccc(Br)cc2C1/C=C/c1ccccc1. The number of allylic oxidation sites excluding steroid dienone is 1. The number of rotatable bonds is 6. The second kappa shape index (κ2) is 9.88. The van der Waals surface area contributed by atoms with Crippen molar-refractivity contribution in [1.29, 1.82) is 0 Å². The van der Waals surface area contributed by atoms with Crippen LogP contribution in [0.2, 0.25) is 0 Å². The van der Waals surface area contributed by atoms with Gasteiger partial charge >= 0.3 is 5.97 Å². The van der Waals surface area contributed by atoms with E-state index in [0.717, 1.165) is 26.9 Å². The lowest BCUT2D eigenvalue weighted by Gasteiger charge is -2.36. The number of carbonyl (C=O) groups excluding carboxylic acids is 1. The number of hydrogen-bond acceptors (Lipinski definition) is 4. The number of fused-ring (bicyclic) bond motifs is 1. The highest BCUT2D eigenvalue weighted by Gasteiger charge is 2.35. The van der Waals surface area contributed by atoms with Crippen LogP contribution in [0.5, 0.6) is 0 Å². The molecule has 0 saturated carbocycles. The smallest absolute Gasteiger partial charge is 0.338 e. The summed E-state index contributed by atoms with van der Waals surface area (Å²) in [6.07, 6.45) is 4.05. The average Bonchev–Trinajstić information content (AvgIpc) is 2.81. The number of carbonyl (C=O) groups is 1. The second-order valence-corrected chi connectivity index (χ2v) is 8.46. The lowest BCUT2D eigenvalue weighted by atomic mass is 9.85. The number of nitrogens with zero attached hydrogens (tertiary/aromatic N) is 1. The van der Waals surface area contributed by atoms with Gasteiger partial charge in [0.2, 0.25) is 0 Å². The topological polar surface area (TPSA) is 55.6 Å². The van der Waals surface area contributed by atoms with Crippen LogP contribution in [0, 0.1) is 0 Å². The van der Waals surface area contributed by atoms with Crippen LogP contribution < -0.4 is 10.6 Å². The maximum atomic E-state index is 13.1. The normalized spacial score (nSPS) is 15.7. The Hall–Kier alpha value is -3.31. The van der Waals surface area contributed by atoms with Crippen molar-refractivity contribution in [2.24, 2.45) is 5.73 Å². The number of benzene rings is 3. The Morgan fingerprint density at radius 3 is 2.44 bits per heavy atom. The molecule has 4 rings (SSSR count). The summed E-state index contributed by atoms with van der Waals surface area (Å²) in [5.74, 6) is -0.296. The van der Waals surface area contributed by atoms with Gasteiger partial charge in [0.25, 0.3) is 0 Å². The molecule has 0 fully saturated rings. The van der Waals surface area contributed by atoms with Gasteiger partial charge in [-0.3, -0.25) is 0 Å². The van der Waals surface area contributed by atoms with Gasteiger partial charge in [0.15, 0.2) is 0 Å². The molecule has 2 N–H and O–H groups in total. The quantitative estimate of drug-likeness (QED) is 0.432. The molecule has 0 radical (unpaired) electrons. The van der Waals surface area contributed by atoms with Crippen molar-refractivity contribution >= 4 is 33.7 Å². The van der Waals surface area contributed by atoms with E-state index >= 15 is 0 Å². The van der Waals surface area contributed by atoms with Crippen LogP contribution in [0.1, 0.15) is 29.5 Å². The van der Waals surface area contributed by atoms with Crippen molar-refractivity contribution < 1.29 is 9.53 Å². The number of halogens is 1. The van der Waals surface area contributed by atoms with Crippen molar-refractivity contribution in [2.45, 2.75) is 19.4 Å². The van der Waals surface area contributed by atoms with Crippen molar-refractivity contribution in [3.05, 3.63) is 117 Å². The van der Waals surface area contributed by atoms with Gasteiger partial charge in [0.1, 0.15) is 5.82 Å². The molecule has 1 aliphatic rings. The molecule has 0 aromatic heterocycles. The van der Waals surface area contributed by atoms with Crippen molar-refractivity contribution in [2.75, 3.05) is 11.5 Å². The zero-order chi connectivity index (χ0) is 22.5. The van der Waals surface area contributed by atoms with Crippen LogP contribution in [-0.2, 0) is 16.1 Å². The zero-order valence-corrected chi connectivity index (χ0v) is 19.5. The summed E-state index contributed by atoms with van der Waals surface area (Å²) < 4.78 is 6.37. The van der Waals surface area contributed by atoms with Gasteiger partial charge in [-0.05, 0) is 41.8 Å². The monoisotopic (exact) mass is 488 g/mol. The van der Waals surface area contributed by atoms with Gasteiger partial charge in [-0.25, -0.2) is 4.79 Å². The van der Waals surface area contributed by atoms with Gasteiger partial charge in [0, 0.05) is 22.6 Å². The lowest BCUT2D eigenvalue weighted by Crippen LogP contribution is -2.36. The molecule has 0 saturated heterocycles. The third-order valence-electron chi connectivity index (χ3n) is 5.45. The predicted octanol–water partition coefficient (Wildman–Crippen LogP) is 6.00. The fourth-order valence-corrected chi connectivity index (χ4v) is 4.34. The molecular weight excluding hydrogens is 464 g/mol. The van der Waals surface area contributed by atoms with Crippen LogP contribution in [0.15, 0.2) is 101 Å². The van der Waals surface area contributed by atoms with E-state index in [0.29, 0.717) is 17.9 Å². The fourth-order valence-electron chi connectivity index (χ4n) is 3.96. The molecule has 3 aromatic carbocycles. The molecule has 3 aromatic rings. The van der Waals surface area contributed by atoms with Gasteiger partial charge < -0.3 is 15.4 Å². The van der Waals surface area contributed by atoms with E-state index in [1.54, 1.807) is 6.92 Å². The molecule has 0 bridgehead atoms. The molecule has 5 heteroatoms. The standard InChI is InChI=1S/C27H25BrN2O2/c1-2-32-27(31)25-22(15-13-19-9-5-3-6-10-19)23-17-21(28)14-16-24(23)30(26(25)29)18-20-11-7-4-8-12-20/h3-17,22H,2,18,29H2,1H3/b15-13+. The van der Waals surface area contributed by atoms with Gasteiger partial charge in [-0.2, -0.15) is 0 Å². The van der Waals surface area contributed by atoms with Crippen molar-refractivity contribution in [3.63, 3.8) is 0 Å². The van der Waals surface area contributed by atoms with Gasteiger partial charge in [-0.1, -0.05) is 88.7 Å². The maximum absolute atomic E-state index is 13.1. The summed E-state index contributed by atoms with van der Waals surface area (Å²) in [5, 5.41) is 0. The largest absolute Gasteiger partial charge is 0.463 e. The summed E-state index contributed by atoms with van der Waals surface area (Å²) in [4.78, 5) is 15.1. The van der Waals surface area contributed by atoms with Gasteiger partial charge in [-0.15, -0.1) is 0 Å². The molecule has 0 amide bonds. The molecular formula is C27H25BrN2O2. The number of hydrogen-bond donors (Lipinski definition) is 1. The molecule has 1 unspecified atom stereocenters. The molecule has 0 spiro atoms. The Labute approximate surface area is 197 Å².